The van der Waals surface area contributed by atoms with Gasteiger partial charge in [0.1, 0.15) is 16.8 Å². The van der Waals surface area contributed by atoms with Gasteiger partial charge >= 0.3 is 0 Å². The number of nitrogens with zero attached hydrogens (tertiary/aromatic N) is 4. The van der Waals surface area contributed by atoms with Crippen molar-refractivity contribution in [3.8, 4) is 11.8 Å². The molecule has 0 fully saturated rings. The molecular formula is C28H35N5O2S2. The molecule has 1 aliphatic rings. The lowest BCUT2D eigenvalue weighted by atomic mass is 9.69. The molecule has 2 aromatic heterocycles. The van der Waals surface area contributed by atoms with E-state index in [2.05, 4.69) is 42.4 Å². The van der Waals surface area contributed by atoms with Crippen molar-refractivity contribution in [1.82, 2.24) is 14.8 Å². The maximum atomic E-state index is 12.8. The summed E-state index contributed by atoms with van der Waals surface area (Å²) in [7, 11) is 1.88. The summed E-state index contributed by atoms with van der Waals surface area (Å²) in [6.07, 6.45) is 3.80. The number of hydrogen-bond acceptors (Lipinski definition) is 7. The quantitative estimate of drug-likeness (QED) is 0.315. The van der Waals surface area contributed by atoms with Crippen LogP contribution in [0.5, 0.6) is 5.75 Å². The number of carbonyl (C=O) groups excluding carboxylic acids is 1. The molecule has 0 bridgehead atoms. The van der Waals surface area contributed by atoms with Crippen LogP contribution in [0.2, 0.25) is 0 Å². The van der Waals surface area contributed by atoms with Crippen molar-refractivity contribution >= 4 is 34.0 Å². The van der Waals surface area contributed by atoms with Crippen LogP contribution in [0.1, 0.15) is 74.0 Å². The second kappa shape index (κ2) is 11.3. The van der Waals surface area contributed by atoms with Crippen molar-refractivity contribution < 1.29 is 9.53 Å². The zero-order chi connectivity index (χ0) is 26.7. The van der Waals surface area contributed by atoms with Gasteiger partial charge in [0.05, 0.1) is 11.3 Å². The molecule has 2 heterocycles. The first kappa shape index (κ1) is 27.2. The van der Waals surface area contributed by atoms with Crippen LogP contribution in [0.3, 0.4) is 0 Å². The Balaban J connectivity index is 1.38. The van der Waals surface area contributed by atoms with Gasteiger partial charge in [-0.05, 0) is 67.7 Å². The second-order valence-electron chi connectivity index (χ2n) is 10.4. The van der Waals surface area contributed by atoms with Gasteiger partial charge in [0.2, 0.25) is 5.91 Å². The molecule has 1 aliphatic carbocycles. The Morgan fingerprint density at radius 1 is 1.41 bits per heavy atom. The number of fused-ring (bicyclic) bond motifs is 1. The Labute approximate surface area is 227 Å². The summed E-state index contributed by atoms with van der Waals surface area (Å²) in [6, 6.07) is 10.2. The van der Waals surface area contributed by atoms with Crippen LogP contribution in [0, 0.1) is 29.6 Å². The van der Waals surface area contributed by atoms with Crippen molar-refractivity contribution in [2.45, 2.75) is 71.6 Å². The van der Waals surface area contributed by atoms with Crippen molar-refractivity contribution in [3.05, 3.63) is 51.7 Å². The Hall–Kier alpha value is -2.83. The number of amides is 1. The predicted molar refractivity (Wildman–Crippen MR) is 149 cm³/mol. The summed E-state index contributed by atoms with van der Waals surface area (Å²) in [5.74, 6) is 2.08. The largest absolute Gasteiger partial charge is 0.483 e. The molecule has 37 heavy (non-hydrogen) atoms. The van der Waals surface area contributed by atoms with Crippen LogP contribution >= 0.6 is 23.1 Å². The minimum Gasteiger partial charge on any atom is -0.483 e. The lowest BCUT2D eigenvalue weighted by molar-refractivity contribution is -0.113. The van der Waals surface area contributed by atoms with Crippen LogP contribution in [0.25, 0.3) is 0 Å². The van der Waals surface area contributed by atoms with E-state index in [1.54, 1.807) is 11.3 Å². The van der Waals surface area contributed by atoms with E-state index in [1.165, 1.54) is 16.6 Å². The molecule has 4 rings (SSSR count). The lowest BCUT2D eigenvalue weighted by Crippen LogP contribution is -2.28. The topological polar surface area (TPSA) is 92.8 Å². The highest BCUT2D eigenvalue weighted by Gasteiger charge is 2.34. The number of hydrogen-bond donors (Lipinski definition) is 1. The van der Waals surface area contributed by atoms with Crippen LogP contribution in [-0.2, 0) is 24.7 Å². The van der Waals surface area contributed by atoms with Crippen LogP contribution in [0.15, 0.2) is 29.4 Å². The predicted octanol–water partition coefficient (Wildman–Crippen LogP) is 6.47. The molecule has 0 spiro atoms. The number of ether oxygens (including phenoxy) is 1. The first-order valence-corrected chi connectivity index (χ1v) is 14.5. The standard InChI is InChI=1S/C28H35N5O2S2/c1-7-28(4,5)19-11-12-21-22(15-29)26(37-23(21)14-19)30-24(34)16-36-27-32-31-25(33(27)6)18(3)35-20-10-8-9-17(2)13-20/h8-10,13,18-19H,7,11-12,14,16H2,1-6H3,(H,30,34). The Kier molecular flexibility index (Phi) is 8.29. The number of aryl methyl sites for hydroxylation is 1. The highest BCUT2D eigenvalue weighted by atomic mass is 32.2. The molecule has 0 aliphatic heterocycles. The average Bonchev–Trinajstić information content (AvgIpc) is 3.41. The van der Waals surface area contributed by atoms with Gasteiger partial charge in [-0.2, -0.15) is 5.26 Å². The van der Waals surface area contributed by atoms with Gasteiger partial charge in [0.15, 0.2) is 17.1 Å². The fourth-order valence-electron chi connectivity index (χ4n) is 4.79. The summed E-state index contributed by atoms with van der Waals surface area (Å²) in [5.41, 5.74) is 3.15. The molecule has 0 radical (unpaired) electrons. The van der Waals surface area contributed by atoms with Crippen LogP contribution < -0.4 is 10.1 Å². The Bertz CT molecular complexity index is 1320. The summed E-state index contributed by atoms with van der Waals surface area (Å²) in [6.45, 7) is 10.9. The van der Waals surface area contributed by atoms with E-state index in [0.717, 1.165) is 42.6 Å². The second-order valence-corrected chi connectivity index (χ2v) is 12.5. The molecule has 196 valence electrons. The fourth-order valence-corrected chi connectivity index (χ4v) is 6.80. The van der Waals surface area contributed by atoms with E-state index in [9.17, 15) is 10.1 Å². The minimum absolute atomic E-state index is 0.154. The highest BCUT2D eigenvalue weighted by Crippen LogP contribution is 2.45. The molecule has 1 aromatic carbocycles. The maximum absolute atomic E-state index is 12.8. The molecule has 3 aromatic rings. The van der Waals surface area contributed by atoms with E-state index in [1.807, 2.05) is 49.7 Å². The zero-order valence-corrected chi connectivity index (χ0v) is 24.1. The molecule has 0 saturated carbocycles. The number of thiophene rings is 1. The number of benzene rings is 1. The van der Waals surface area contributed by atoms with Crippen molar-refractivity contribution in [2.24, 2.45) is 18.4 Å². The van der Waals surface area contributed by atoms with Gasteiger partial charge in [-0.15, -0.1) is 21.5 Å². The molecule has 1 amide bonds. The summed E-state index contributed by atoms with van der Waals surface area (Å²) in [4.78, 5) is 14.1. The first-order chi connectivity index (χ1) is 17.6. The Morgan fingerprint density at radius 2 is 2.19 bits per heavy atom. The van der Waals surface area contributed by atoms with Crippen molar-refractivity contribution in [2.75, 3.05) is 11.1 Å². The average molecular weight is 538 g/mol. The zero-order valence-electron chi connectivity index (χ0n) is 22.4. The van der Waals surface area contributed by atoms with E-state index in [0.29, 0.717) is 27.5 Å². The minimum atomic E-state index is -0.292. The summed E-state index contributed by atoms with van der Waals surface area (Å²) >= 11 is 2.89. The first-order valence-electron chi connectivity index (χ1n) is 12.7. The van der Waals surface area contributed by atoms with Gasteiger partial charge in [0, 0.05) is 11.9 Å². The molecule has 7 nitrogen and oxygen atoms in total. The fraction of sp³-hybridized carbons (Fsp3) is 0.500. The van der Waals surface area contributed by atoms with E-state index in [-0.39, 0.29) is 23.2 Å². The molecule has 0 saturated heterocycles. The highest BCUT2D eigenvalue weighted by molar-refractivity contribution is 7.99. The van der Waals surface area contributed by atoms with Gasteiger partial charge < -0.3 is 14.6 Å². The molecule has 9 heteroatoms. The normalized spacial score (nSPS) is 16.1. The monoisotopic (exact) mass is 537 g/mol. The molecular weight excluding hydrogens is 502 g/mol. The molecule has 1 N–H and O–H groups in total. The van der Waals surface area contributed by atoms with Gasteiger partial charge in [-0.25, -0.2) is 0 Å². The third-order valence-electron chi connectivity index (χ3n) is 7.51. The SMILES string of the molecule is CCC(C)(C)C1CCc2c(sc(NC(=O)CSc3nnc(C(C)Oc4cccc(C)c4)n3C)c2C#N)C1. The van der Waals surface area contributed by atoms with Crippen LogP contribution in [-0.4, -0.2) is 26.4 Å². The van der Waals surface area contributed by atoms with E-state index < -0.39 is 0 Å². The van der Waals surface area contributed by atoms with Crippen molar-refractivity contribution in [1.29, 1.82) is 5.26 Å². The maximum Gasteiger partial charge on any atom is 0.235 e. The number of aromatic nitrogens is 3. The number of nitriles is 1. The number of nitrogens with one attached hydrogen (secondary N) is 1. The summed E-state index contributed by atoms with van der Waals surface area (Å²) < 4.78 is 7.90. The molecule has 2 unspecified atom stereocenters. The van der Waals surface area contributed by atoms with E-state index >= 15 is 0 Å². The van der Waals surface area contributed by atoms with Gasteiger partial charge in [-0.1, -0.05) is 51.1 Å². The number of anilines is 1. The van der Waals surface area contributed by atoms with Crippen molar-refractivity contribution in [3.63, 3.8) is 0 Å². The summed E-state index contributed by atoms with van der Waals surface area (Å²) in [5, 5.41) is 22.7. The van der Waals surface area contributed by atoms with Crippen LogP contribution in [0.4, 0.5) is 5.00 Å². The third kappa shape index (κ3) is 6.02. The lowest BCUT2D eigenvalue weighted by Gasteiger charge is -2.36. The smallest absolute Gasteiger partial charge is 0.235 e. The van der Waals surface area contributed by atoms with Gasteiger partial charge in [0.25, 0.3) is 0 Å². The molecule has 2 atom stereocenters. The number of rotatable bonds is 9. The number of carbonyl (C=O) groups is 1. The number of thioether (sulfide) groups is 1. The van der Waals surface area contributed by atoms with Gasteiger partial charge in [-0.3, -0.25) is 4.79 Å². The third-order valence-corrected chi connectivity index (χ3v) is 9.70. The Morgan fingerprint density at radius 3 is 2.89 bits per heavy atom. The van der Waals surface area contributed by atoms with E-state index in [4.69, 9.17) is 4.74 Å².